The molecule has 0 aliphatic carbocycles. The van der Waals surface area contributed by atoms with Crippen molar-refractivity contribution in [3.05, 3.63) is 59.4 Å². The van der Waals surface area contributed by atoms with Crippen molar-refractivity contribution in [3.63, 3.8) is 0 Å². The van der Waals surface area contributed by atoms with Crippen molar-refractivity contribution >= 4 is 17.3 Å². The van der Waals surface area contributed by atoms with Crippen molar-refractivity contribution in [3.8, 4) is 0 Å². The van der Waals surface area contributed by atoms with Crippen molar-refractivity contribution in [2.45, 2.75) is 46.6 Å². The molecule has 1 aliphatic rings. The topological polar surface area (TPSA) is 44.4 Å². The Morgan fingerprint density at radius 1 is 1.10 bits per heavy atom. The summed E-state index contributed by atoms with van der Waals surface area (Å²) in [6, 6.07) is 12.6. The van der Waals surface area contributed by atoms with Gasteiger partial charge in [0.15, 0.2) is 0 Å². The maximum absolute atomic E-state index is 13.3. The van der Waals surface area contributed by atoms with Gasteiger partial charge in [-0.15, -0.1) is 0 Å². The summed E-state index contributed by atoms with van der Waals surface area (Å²) >= 11 is 0. The lowest BCUT2D eigenvalue weighted by Crippen LogP contribution is -2.37. The first-order valence-corrected chi connectivity index (χ1v) is 10.4. The number of nitrogens with one attached hydrogen (secondary N) is 2. The van der Waals surface area contributed by atoms with Crippen LogP contribution in [0.3, 0.4) is 0 Å². The highest BCUT2D eigenvalue weighted by molar-refractivity contribution is 5.93. The molecular formula is C24H32FN3O. The Kier molecular flexibility index (Phi) is 6.58. The monoisotopic (exact) mass is 397 g/mol. The van der Waals surface area contributed by atoms with Gasteiger partial charge in [-0.25, -0.2) is 4.39 Å². The predicted molar refractivity (Wildman–Crippen MR) is 118 cm³/mol. The van der Waals surface area contributed by atoms with E-state index in [-0.39, 0.29) is 29.7 Å². The maximum Gasteiger partial charge on any atom is 0.238 e. The van der Waals surface area contributed by atoms with Crippen LogP contribution in [0.1, 0.15) is 50.8 Å². The highest BCUT2D eigenvalue weighted by Gasteiger charge is 2.26. The molecule has 0 spiro atoms. The van der Waals surface area contributed by atoms with E-state index in [0.717, 1.165) is 29.9 Å². The molecule has 2 N–H and O–H groups in total. The molecule has 1 unspecified atom stereocenters. The molecule has 1 saturated heterocycles. The SMILES string of the molecule is Cc1cc(N2CCCC2)ccc1NC(=O)CNC(c1ccc(F)cc1)C(C)(C)C. The molecule has 3 rings (SSSR count). The van der Waals surface area contributed by atoms with E-state index < -0.39 is 0 Å². The molecule has 0 aromatic heterocycles. The van der Waals surface area contributed by atoms with Gasteiger partial charge < -0.3 is 15.5 Å². The lowest BCUT2D eigenvalue weighted by Gasteiger charge is -2.32. The van der Waals surface area contributed by atoms with Gasteiger partial charge in [-0.2, -0.15) is 0 Å². The normalized spacial score (nSPS) is 15.4. The van der Waals surface area contributed by atoms with Crippen molar-refractivity contribution in [1.82, 2.24) is 5.32 Å². The first-order chi connectivity index (χ1) is 13.7. The van der Waals surface area contributed by atoms with Crippen LogP contribution in [0.5, 0.6) is 0 Å². The summed E-state index contributed by atoms with van der Waals surface area (Å²) in [6.45, 7) is 10.7. The van der Waals surface area contributed by atoms with Gasteiger partial charge in [-0.1, -0.05) is 32.9 Å². The summed E-state index contributed by atoms with van der Waals surface area (Å²) in [5, 5.41) is 6.36. The number of halogens is 1. The number of rotatable bonds is 6. The number of hydrogen-bond donors (Lipinski definition) is 2. The van der Waals surface area contributed by atoms with Gasteiger partial charge in [-0.3, -0.25) is 4.79 Å². The van der Waals surface area contributed by atoms with Crippen LogP contribution in [0.25, 0.3) is 0 Å². The van der Waals surface area contributed by atoms with Gasteiger partial charge >= 0.3 is 0 Å². The second-order valence-electron chi connectivity index (χ2n) is 8.97. The van der Waals surface area contributed by atoms with Crippen molar-refractivity contribution in [2.24, 2.45) is 5.41 Å². The summed E-state index contributed by atoms with van der Waals surface area (Å²) in [4.78, 5) is 15.0. The number of carbonyl (C=O) groups is 1. The zero-order chi connectivity index (χ0) is 21.0. The standard InChI is InChI=1S/C24H32FN3O/c1-17-15-20(28-13-5-6-14-28)11-12-21(17)27-22(29)16-26-23(24(2,3)4)18-7-9-19(25)10-8-18/h7-12,15,23,26H,5-6,13-14,16H2,1-4H3,(H,27,29). The molecule has 0 saturated carbocycles. The average molecular weight is 398 g/mol. The van der Waals surface area contributed by atoms with E-state index in [9.17, 15) is 9.18 Å². The van der Waals surface area contributed by atoms with Gasteiger partial charge in [-0.05, 0) is 66.6 Å². The van der Waals surface area contributed by atoms with Gasteiger partial charge in [0.2, 0.25) is 5.91 Å². The van der Waals surface area contributed by atoms with Crippen LogP contribution >= 0.6 is 0 Å². The molecule has 1 amide bonds. The Hall–Kier alpha value is -2.40. The molecule has 0 bridgehead atoms. The Labute approximate surface area is 173 Å². The summed E-state index contributed by atoms with van der Waals surface area (Å²) in [6.07, 6.45) is 2.48. The second kappa shape index (κ2) is 8.95. The molecule has 156 valence electrons. The fourth-order valence-corrected chi connectivity index (χ4v) is 3.93. The van der Waals surface area contributed by atoms with Crippen LogP contribution in [-0.4, -0.2) is 25.5 Å². The molecule has 1 aliphatic heterocycles. The predicted octanol–water partition coefficient (Wildman–Crippen LogP) is 5.05. The number of hydrogen-bond acceptors (Lipinski definition) is 3. The molecule has 2 aromatic carbocycles. The Bertz CT molecular complexity index is 836. The third kappa shape index (κ3) is 5.57. The van der Waals surface area contributed by atoms with Gasteiger partial charge in [0, 0.05) is 30.5 Å². The minimum absolute atomic E-state index is 0.0625. The molecule has 1 heterocycles. The maximum atomic E-state index is 13.3. The fraction of sp³-hybridized carbons (Fsp3) is 0.458. The molecule has 5 heteroatoms. The molecule has 2 aromatic rings. The smallest absolute Gasteiger partial charge is 0.238 e. The van der Waals surface area contributed by atoms with Gasteiger partial charge in [0.1, 0.15) is 5.82 Å². The van der Waals surface area contributed by atoms with Crippen LogP contribution in [0.15, 0.2) is 42.5 Å². The van der Waals surface area contributed by atoms with E-state index in [4.69, 9.17) is 0 Å². The Morgan fingerprint density at radius 2 is 1.76 bits per heavy atom. The third-order valence-corrected chi connectivity index (χ3v) is 5.49. The molecule has 4 nitrogen and oxygen atoms in total. The van der Waals surface area contributed by atoms with Gasteiger partial charge in [0.25, 0.3) is 0 Å². The highest BCUT2D eigenvalue weighted by atomic mass is 19.1. The van der Waals surface area contributed by atoms with Gasteiger partial charge in [0.05, 0.1) is 6.54 Å². The van der Waals surface area contributed by atoms with E-state index in [1.54, 1.807) is 12.1 Å². The Balaban J connectivity index is 1.62. The fourth-order valence-electron chi connectivity index (χ4n) is 3.93. The van der Waals surface area contributed by atoms with Crippen LogP contribution < -0.4 is 15.5 Å². The summed E-state index contributed by atoms with van der Waals surface area (Å²) in [7, 11) is 0. The van der Waals surface area contributed by atoms with Crippen LogP contribution in [0.4, 0.5) is 15.8 Å². The minimum Gasteiger partial charge on any atom is -0.372 e. The van der Waals surface area contributed by atoms with Crippen molar-refractivity contribution < 1.29 is 9.18 Å². The number of carbonyl (C=O) groups excluding carboxylic acids is 1. The minimum atomic E-state index is -0.257. The largest absolute Gasteiger partial charge is 0.372 e. The van der Waals surface area contributed by atoms with E-state index in [1.165, 1.54) is 30.7 Å². The molecule has 0 radical (unpaired) electrons. The van der Waals surface area contributed by atoms with Crippen LogP contribution in [0.2, 0.25) is 0 Å². The zero-order valence-electron chi connectivity index (χ0n) is 17.9. The first kappa shape index (κ1) is 21.3. The van der Waals surface area contributed by atoms with Crippen molar-refractivity contribution in [1.29, 1.82) is 0 Å². The zero-order valence-corrected chi connectivity index (χ0v) is 17.9. The molecule has 29 heavy (non-hydrogen) atoms. The number of amides is 1. The third-order valence-electron chi connectivity index (χ3n) is 5.49. The van der Waals surface area contributed by atoms with E-state index >= 15 is 0 Å². The highest BCUT2D eigenvalue weighted by Crippen LogP contribution is 2.32. The number of aryl methyl sites for hydroxylation is 1. The number of benzene rings is 2. The number of nitrogens with zero attached hydrogens (tertiary/aromatic N) is 1. The first-order valence-electron chi connectivity index (χ1n) is 10.4. The Morgan fingerprint density at radius 3 is 2.34 bits per heavy atom. The summed E-state index contributed by atoms with van der Waals surface area (Å²) in [5.74, 6) is -0.342. The van der Waals surface area contributed by atoms with E-state index in [1.807, 2.05) is 13.0 Å². The van der Waals surface area contributed by atoms with E-state index in [0.29, 0.717) is 0 Å². The number of anilines is 2. The summed E-state index contributed by atoms with van der Waals surface area (Å²) < 4.78 is 13.3. The second-order valence-corrected chi connectivity index (χ2v) is 8.97. The average Bonchev–Trinajstić information content (AvgIpc) is 3.19. The lowest BCUT2D eigenvalue weighted by atomic mass is 9.82. The van der Waals surface area contributed by atoms with Crippen LogP contribution in [0, 0.1) is 18.2 Å². The molecule has 1 fully saturated rings. The lowest BCUT2D eigenvalue weighted by molar-refractivity contribution is -0.115. The quantitative estimate of drug-likeness (QED) is 0.717. The van der Waals surface area contributed by atoms with E-state index in [2.05, 4.69) is 48.4 Å². The van der Waals surface area contributed by atoms with Crippen LogP contribution in [-0.2, 0) is 4.79 Å². The molecule has 1 atom stereocenters. The molecular weight excluding hydrogens is 365 g/mol. The summed E-state index contributed by atoms with van der Waals surface area (Å²) in [5.41, 5.74) is 3.98. The van der Waals surface area contributed by atoms with Crippen molar-refractivity contribution in [2.75, 3.05) is 29.9 Å².